The summed E-state index contributed by atoms with van der Waals surface area (Å²) in [5, 5.41) is 9.94. The first-order valence-corrected chi connectivity index (χ1v) is 7.63. The molecule has 2 saturated heterocycles. The summed E-state index contributed by atoms with van der Waals surface area (Å²) in [7, 11) is 0. The van der Waals surface area contributed by atoms with Gasteiger partial charge in [-0.1, -0.05) is 0 Å². The van der Waals surface area contributed by atoms with Gasteiger partial charge in [0.1, 0.15) is 0 Å². The molecule has 1 aromatic rings. The topological polar surface area (TPSA) is 59.0 Å². The van der Waals surface area contributed by atoms with E-state index in [9.17, 15) is 9.90 Å². The SMILES string of the molecule is O=C(c1ccc2c(c1)OCO2)N1[C@@H]2CCC[C@H]1CC(O)C2. The van der Waals surface area contributed by atoms with E-state index < -0.39 is 0 Å². The Morgan fingerprint density at radius 3 is 2.62 bits per heavy atom. The van der Waals surface area contributed by atoms with Crippen LogP contribution in [0.4, 0.5) is 0 Å². The predicted octanol–water partition coefficient (Wildman–Crippen LogP) is 1.93. The van der Waals surface area contributed by atoms with Crippen LogP contribution in [-0.4, -0.2) is 40.9 Å². The van der Waals surface area contributed by atoms with E-state index in [1.54, 1.807) is 18.2 Å². The summed E-state index contributed by atoms with van der Waals surface area (Å²) in [5.74, 6) is 1.39. The zero-order valence-electron chi connectivity index (χ0n) is 11.8. The molecule has 2 bridgehead atoms. The van der Waals surface area contributed by atoms with Crippen LogP contribution in [0.25, 0.3) is 0 Å². The molecule has 3 aliphatic rings. The Kier molecular flexibility index (Phi) is 3.03. The molecule has 5 nitrogen and oxygen atoms in total. The second-order valence-electron chi connectivity index (χ2n) is 6.14. The second kappa shape index (κ2) is 4.91. The lowest BCUT2D eigenvalue weighted by molar-refractivity contribution is -0.0151. The molecule has 3 heterocycles. The fourth-order valence-electron chi connectivity index (χ4n) is 3.86. The van der Waals surface area contributed by atoms with Gasteiger partial charge in [0, 0.05) is 17.6 Å². The maximum Gasteiger partial charge on any atom is 0.254 e. The van der Waals surface area contributed by atoms with Gasteiger partial charge in [-0.2, -0.15) is 0 Å². The zero-order valence-corrected chi connectivity index (χ0v) is 11.8. The molecule has 3 aliphatic heterocycles. The lowest BCUT2D eigenvalue weighted by atomic mass is 9.82. The number of benzene rings is 1. The first-order valence-electron chi connectivity index (χ1n) is 7.63. The van der Waals surface area contributed by atoms with Crippen molar-refractivity contribution in [3.05, 3.63) is 23.8 Å². The van der Waals surface area contributed by atoms with Crippen LogP contribution in [0, 0.1) is 0 Å². The molecule has 1 unspecified atom stereocenters. The minimum Gasteiger partial charge on any atom is -0.454 e. The molecule has 1 aromatic carbocycles. The smallest absolute Gasteiger partial charge is 0.254 e. The van der Waals surface area contributed by atoms with Gasteiger partial charge in [0.25, 0.3) is 5.91 Å². The van der Waals surface area contributed by atoms with Gasteiger partial charge in [0.2, 0.25) is 6.79 Å². The van der Waals surface area contributed by atoms with Gasteiger partial charge in [-0.15, -0.1) is 0 Å². The molecule has 0 radical (unpaired) electrons. The molecule has 21 heavy (non-hydrogen) atoms. The van der Waals surface area contributed by atoms with Crippen LogP contribution >= 0.6 is 0 Å². The Morgan fingerprint density at radius 1 is 1.14 bits per heavy atom. The van der Waals surface area contributed by atoms with E-state index in [0.717, 1.165) is 19.3 Å². The summed E-state index contributed by atoms with van der Waals surface area (Å²) in [6, 6.07) is 5.71. The third-order valence-corrected chi connectivity index (χ3v) is 4.80. The number of fused-ring (bicyclic) bond motifs is 3. The van der Waals surface area contributed by atoms with Gasteiger partial charge < -0.3 is 19.5 Å². The van der Waals surface area contributed by atoms with Crippen LogP contribution in [0.1, 0.15) is 42.5 Å². The van der Waals surface area contributed by atoms with Gasteiger partial charge in [0.15, 0.2) is 11.5 Å². The molecule has 0 saturated carbocycles. The Bertz CT molecular complexity index is 559. The summed E-state index contributed by atoms with van der Waals surface area (Å²) in [4.78, 5) is 14.9. The molecule has 0 spiro atoms. The minimum absolute atomic E-state index is 0.0508. The van der Waals surface area contributed by atoms with Crippen LogP contribution in [0.3, 0.4) is 0 Å². The van der Waals surface area contributed by atoms with Crippen LogP contribution in [0.2, 0.25) is 0 Å². The summed E-state index contributed by atoms with van der Waals surface area (Å²) in [6.45, 7) is 0.216. The van der Waals surface area contributed by atoms with E-state index in [-0.39, 0.29) is 30.9 Å². The summed E-state index contributed by atoms with van der Waals surface area (Å²) < 4.78 is 10.6. The van der Waals surface area contributed by atoms with Gasteiger partial charge >= 0.3 is 0 Å². The number of aliphatic hydroxyl groups is 1. The number of hydrogen-bond donors (Lipinski definition) is 1. The molecule has 2 fully saturated rings. The number of aliphatic hydroxyl groups excluding tert-OH is 1. The molecule has 0 aliphatic carbocycles. The lowest BCUT2D eigenvalue weighted by Gasteiger charge is -2.47. The van der Waals surface area contributed by atoms with Crippen molar-refractivity contribution in [1.29, 1.82) is 0 Å². The van der Waals surface area contributed by atoms with E-state index >= 15 is 0 Å². The van der Waals surface area contributed by atoms with Gasteiger partial charge in [-0.25, -0.2) is 0 Å². The zero-order chi connectivity index (χ0) is 14.4. The number of piperidine rings is 2. The Morgan fingerprint density at radius 2 is 1.86 bits per heavy atom. The van der Waals surface area contributed by atoms with Crippen molar-refractivity contribution >= 4 is 5.91 Å². The summed E-state index contributed by atoms with van der Waals surface area (Å²) in [6.07, 6.45) is 4.27. The third kappa shape index (κ3) is 2.16. The van der Waals surface area contributed by atoms with Crippen LogP contribution in [0.5, 0.6) is 11.5 Å². The van der Waals surface area contributed by atoms with Crippen LogP contribution in [-0.2, 0) is 0 Å². The van der Waals surface area contributed by atoms with Crippen molar-refractivity contribution < 1.29 is 19.4 Å². The highest BCUT2D eigenvalue weighted by molar-refractivity contribution is 5.95. The number of rotatable bonds is 1. The molecule has 112 valence electrons. The second-order valence-corrected chi connectivity index (χ2v) is 6.14. The highest BCUT2D eigenvalue weighted by Crippen LogP contribution is 2.37. The Balaban J connectivity index is 1.62. The first-order chi connectivity index (χ1) is 10.2. The van der Waals surface area contributed by atoms with E-state index in [4.69, 9.17) is 9.47 Å². The predicted molar refractivity (Wildman–Crippen MR) is 75.4 cm³/mol. The van der Waals surface area contributed by atoms with E-state index in [1.165, 1.54) is 0 Å². The molecule has 1 N–H and O–H groups in total. The number of nitrogens with zero attached hydrogens (tertiary/aromatic N) is 1. The first kappa shape index (κ1) is 13.0. The molecule has 5 heteroatoms. The van der Waals surface area contributed by atoms with Crippen molar-refractivity contribution in [2.45, 2.75) is 50.3 Å². The maximum atomic E-state index is 12.9. The van der Waals surface area contributed by atoms with Crippen LogP contribution in [0.15, 0.2) is 18.2 Å². The largest absolute Gasteiger partial charge is 0.454 e. The normalized spacial score (nSPS) is 30.3. The van der Waals surface area contributed by atoms with Crippen molar-refractivity contribution in [2.75, 3.05) is 6.79 Å². The number of amides is 1. The quantitative estimate of drug-likeness (QED) is 0.858. The van der Waals surface area contributed by atoms with E-state index in [1.807, 2.05) is 4.90 Å². The minimum atomic E-state index is -0.263. The Hall–Kier alpha value is -1.75. The average molecular weight is 289 g/mol. The molecular weight excluding hydrogens is 270 g/mol. The third-order valence-electron chi connectivity index (χ3n) is 4.80. The number of hydrogen-bond acceptors (Lipinski definition) is 4. The van der Waals surface area contributed by atoms with Gasteiger partial charge in [-0.05, 0) is 50.3 Å². The lowest BCUT2D eigenvalue weighted by Crippen LogP contribution is -2.55. The van der Waals surface area contributed by atoms with Crippen molar-refractivity contribution in [3.63, 3.8) is 0 Å². The standard InChI is InChI=1S/C16H19NO4/c18-13-7-11-2-1-3-12(8-13)17(11)16(19)10-4-5-14-15(6-10)21-9-20-14/h4-6,11-13,18H,1-3,7-9H2/t11-,12+,13?. The highest BCUT2D eigenvalue weighted by Gasteiger charge is 2.40. The average Bonchev–Trinajstić information content (AvgIpc) is 2.93. The van der Waals surface area contributed by atoms with Gasteiger partial charge in [0.05, 0.1) is 6.10 Å². The fraction of sp³-hybridized carbons (Fsp3) is 0.562. The van der Waals surface area contributed by atoms with E-state index in [0.29, 0.717) is 29.9 Å². The van der Waals surface area contributed by atoms with Crippen molar-refractivity contribution in [1.82, 2.24) is 4.90 Å². The monoisotopic (exact) mass is 289 g/mol. The van der Waals surface area contributed by atoms with Crippen molar-refractivity contribution in [3.8, 4) is 11.5 Å². The Labute approximate surface area is 123 Å². The molecular formula is C16H19NO4. The summed E-state index contributed by atoms with van der Waals surface area (Å²) in [5.41, 5.74) is 0.646. The number of carbonyl (C=O) groups is 1. The molecule has 4 rings (SSSR count). The van der Waals surface area contributed by atoms with Crippen molar-refractivity contribution in [2.24, 2.45) is 0 Å². The number of carbonyl (C=O) groups excluding carboxylic acids is 1. The van der Waals surface area contributed by atoms with E-state index in [2.05, 4.69) is 0 Å². The van der Waals surface area contributed by atoms with Gasteiger partial charge in [-0.3, -0.25) is 4.79 Å². The molecule has 0 aromatic heterocycles. The number of ether oxygens (including phenoxy) is 2. The molecule has 3 atom stereocenters. The molecule has 1 amide bonds. The summed E-state index contributed by atoms with van der Waals surface area (Å²) >= 11 is 0. The highest BCUT2D eigenvalue weighted by atomic mass is 16.7. The van der Waals surface area contributed by atoms with Crippen LogP contribution < -0.4 is 9.47 Å². The maximum absolute atomic E-state index is 12.9. The fourth-order valence-corrected chi connectivity index (χ4v) is 3.86.